The van der Waals surface area contributed by atoms with E-state index in [0.29, 0.717) is 34.4 Å². The number of ether oxygens (including phenoxy) is 1. The average molecular weight is 409 g/mol. The van der Waals surface area contributed by atoms with Gasteiger partial charge in [-0.2, -0.15) is 0 Å². The summed E-state index contributed by atoms with van der Waals surface area (Å²) in [7, 11) is 0. The highest BCUT2D eigenvalue weighted by molar-refractivity contribution is 8.18. The Kier molecular flexibility index (Phi) is 6.44. The summed E-state index contributed by atoms with van der Waals surface area (Å²) < 4.78 is 5.53. The third-order valence-electron chi connectivity index (χ3n) is 4.23. The number of phenolic OH excluding ortho intramolecular Hbond substituents is 1. The number of thioether (sulfide) groups is 1. The molecule has 0 atom stereocenters. The van der Waals surface area contributed by atoms with E-state index in [1.165, 1.54) is 11.8 Å². The smallest absolute Gasteiger partial charge is 0.264 e. The van der Waals surface area contributed by atoms with Crippen molar-refractivity contribution in [2.75, 3.05) is 6.61 Å². The summed E-state index contributed by atoms with van der Waals surface area (Å²) in [6.07, 6.45) is 3.99. The van der Waals surface area contributed by atoms with Crippen molar-refractivity contribution in [3.8, 4) is 11.5 Å². The first-order valence-corrected chi connectivity index (χ1v) is 10.2. The molecule has 0 unspecified atom stereocenters. The predicted octanol–water partition coefficient (Wildman–Crippen LogP) is 5.03. The molecule has 29 heavy (non-hydrogen) atoms. The molecule has 1 fully saturated rings. The summed E-state index contributed by atoms with van der Waals surface area (Å²) >= 11 is 1.29. The summed E-state index contributed by atoms with van der Waals surface area (Å²) in [5, 5.41) is 13.7. The van der Waals surface area contributed by atoms with Crippen molar-refractivity contribution >= 4 is 34.6 Å². The summed E-state index contributed by atoms with van der Waals surface area (Å²) in [5.41, 5.74) is 4.52. The van der Waals surface area contributed by atoms with E-state index in [-0.39, 0.29) is 11.7 Å². The molecule has 0 spiro atoms. The molecule has 0 radical (unpaired) electrons. The third kappa shape index (κ3) is 5.09. The second kappa shape index (κ2) is 9.01. The van der Waals surface area contributed by atoms with Gasteiger partial charge in [-0.25, -0.2) is 4.99 Å². The first-order chi connectivity index (χ1) is 13.9. The molecule has 0 saturated carbocycles. The van der Waals surface area contributed by atoms with Gasteiger partial charge in [0.2, 0.25) is 0 Å². The summed E-state index contributed by atoms with van der Waals surface area (Å²) in [5.74, 6) is 0.301. The maximum absolute atomic E-state index is 12.4. The number of nitrogens with zero attached hydrogens (tertiary/aromatic N) is 1. The van der Waals surface area contributed by atoms with Gasteiger partial charge in [0.1, 0.15) is 0 Å². The minimum absolute atomic E-state index is 0.106. The molecule has 5 nitrogen and oxygen atoms in total. The zero-order chi connectivity index (χ0) is 21.0. The number of benzene rings is 2. The average Bonchev–Trinajstić information content (AvgIpc) is 2.97. The number of aromatic hydroxyl groups is 1. The summed E-state index contributed by atoms with van der Waals surface area (Å²) in [6, 6.07) is 9.59. The lowest BCUT2D eigenvalue weighted by atomic mass is 10.1. The first kappa shape index (κ1) is 20.7. The molecule has 2 aromatic rings. The Morgan fingerprint density at radius 3 is 2.59 bits per heavy atom. The normalized spacial score (nSPS) is 16.3. The van der Waals surface area contributed by atoms with Crippen LogP contribution in [-0.2, 0) is 11.2 Å². The lowest BCUT2D eigenvalue weighted by molar-refractivity contribution is -0.115. The van der Waals surface area contributed by atoms with Gasteiger partial charge >= 0.3 is 0 Å². The standard InChI is InChI=1S/C23H24N2O3S/c1-5-7-17-11-16(12-19(21(17)26)28-6-2)13-20-22(27)25-23(29-20)24-18-9-14(3)8-15(4)10-18/h5,8-13,26H,1,6-7H2,2-4H3,(H,24,25,27)/b20-13-. The van der Waals surface area contributed by atoms with Gasteiger partial charge in [-0.15, -0.1) is 6.58 Å². The molecule has 0 bridgehead atoms. The molecular formula is C23H24N2O3S. The molecule has 1 aliphatic heterocycles. The van der Waals surface area contributed by atoms with Crippen molar-refractivity contribution in [1.29, 1.82) is 0 Å². The van der Waals surface area contributed by atoms with Crippen molar-refractivity contribution in [2.24, 2.45) is 4.99 Å². The molecule has 3 rings (SSSR count). The van der Waals surface area contributed by atoms with Crippen LogP contribution >= 0.6 is 11.8 Å². The Balaban J connectivity index is 1.91. The SMILES string of the molecule is C=CCc1cc(/C=C2\SC(=Nc3cc(C)cc(C)c3)NC2=O)cc(OCC)c1O. The lowest BCUT2D eigenvalue weighted by Crippen LogP contribution is -2.19. The van der Waals surface area contributed by atoms with E-state index in [9.17, 15) is 9.90 Å². The Morgan fingerprint density at radius 1 is 1.21 bits per heavy atom. The molecule has 1 heterocycles. The monoisotopic (exact) mass is 408 g/mol. The van der Waals surface area contributed by atoms with Gasteiger partial charge in [-0.05, 0) is 86.0 Å². The van der Waals surface area contributed by atoms with Crippen molar-refractivity contribution in [3.63, 3.8) is 0 Å². The topological polar surface area (TPSA) is 70.9 Å². The van der Waals surface area contributed by atoms with Gasteiger partial charge in [-0.3, -0.25) is 4.79 Å². The van der Waals surface area contributed by atoms with Crippen LogP contribution in [0.2, 0.25) is 0 Å². The van der Waals surface area contributed by atoms with Crippen molar-refractivity contribution in [1.82, 2.24) is 5.32 Å². The highest BCUT2D eigenvalue weighted by Crippen LogP contribution is 2.35. The second-order valence-corrected chi connectivity index (χ2v) is 7.81. The fourth-order valence-electron chi connectivity index (χ4n) is 3.11. The summed E-state index contributed by atoms with van der Waals surface area (Å²) in [6.45, 7) is 10.1. The Labute approximate surface area is 175 Å². The van der Waals surface area contributed by atoms with Crippen LogP contribution in [0.3, 0.4) is 0 Å². The zero-order valence-electron chi connectivity index (χ0n) is 16.8. The van der Waals surface area contributed by atoms with E-state index in [4.69, 9.17) is 4.74 Å². The molecule has 1 saturated heterocycles. The number of allylic oxidation sites excluding steroid dienone is 1. The van der Waals surface area contributed by atoms with E-state index in [1.54, 1.807) is 18.2 Å². The fourth-order valence-corrected chi connectivity index (χ4v) is 3.96. The predicted molar refractivity (Wildman–Crippen MR) is 120 cm³/mol. The minimum atomic E-state index is -0.200. The highest BCUT2D eigenvalue weighted by Gasteiger charge is 2.24. The summed E-state index contributed by atoms with van der Waals surface area (Å²) in [4.78, 5) is 17.5. The molecule has 2 aromatic carbocycles. The molecular weight excluding hydrogens is 384 g/mol. The van der Waals surface area contributed by atoms with E-state index < -0.39 is 0 Å². The molecule has 0 aromatic heterocycles. The maximum Gasteiger partial charge on any atom is 0.264 e. The van der Waals surface area contributed by atoms with Crippen LogP contribution in [0.4, 0.5) is 5.69 Å². The Morgan fingerprint density at radius 2 is 1.93 bits per heavy atom. The third-order valence-corrected chi connectivity index (χ3v) is 5.14. The molecule has 1 amide bonds. The number of carbonyl (C=O) groups excluding carboxylic acids is 1. The van der Waals surface area contributed by atoms with Crippen LogP contribution in [0.1, 0.15) is 29.2 Å². The maximum atomic E-state index is 12.4. The van der Waals surface area contributed by atoms with E-state index in [2.05, 4.69) is 23.0 Å². The van der Waals surface area contributed by atoms with E-state index in [0.717, 1.165) is 22.4 Å². The van der Waals surface area contributed by atoms with E-state index in [1.807, 2.05) is 39.0 Å². The van der Waals surface area contributed by atoms with Gasteiger partial charge in [0.25, 0.3) is 5.91 Å². The first-order valence-electron chi connectivity index (χ1n) is 9.37. The fraction of sp³-hybridized carbons (Fsp3) is 0.217. The van der Waals surface area contributed by atoms with Crippen LogP contribution in [0.25, 0.3) is 6.08 Å². The van der Waals surface area contributed by atoms with Gasteiger partial charge in [-0.1, -0.05) is 12.1 Å². The highest BCUT2D eigenvalue weighted by atomic mass is 32.2. The van der Waals surface area contributed by atoms with Gasteiger partial charge in [0, 0.05) is 5.56 Å². The quantitative estimate of drug-likeness (QED) is 0.520. The molecule has 2 N–H and O–H groups in total. The number of rotatable bonds is 6. The van der Waals surface area contributed by atoms with Crippen LogP contribution in [0, 0.1) is 13.8 Å². The van der Waals surface area contributed by atoms with Gasteiger partial charge in [0.05, 0.1) is 17.2 Å². The number of aryl methyl sites for hydroxylation is 2. The molecule has 150 valence electrons. The van der Waals surface area contributed by atoms with Crippen LogP contribution in [-0.4, -0.2) is 22.8 Å². The number of carbonyl (C=O) groups is 1. The van der Waals surface area contributed by atoms with Crippen LogP contribution < -0.4 is 10.1 Å². The number of hydrogen-bond donors (Lipinski definition) is 2. The van der Waals surface area contributed by atoms with Crippen molar-refractivity contribution < 1.29 is 14.6 Å². The second-order valence-electron chi connectivity index (χ2n) is 6.78. The van der Waals surface area contributed by atoms with Crippen LogP contribution in [0.15, 0.2) is 52.9 Å². The van der Waals surface area contributed by atoms with Crippen molar-refractivity contribution in [2.45, 2.75) is 27.2 Å². The van der Waals surface area contributed by atoms with E-state index >= 15 is 0 Å². The molecule has 0 aliphatic carbocycles. The number of amidine groups is 1. The largest absolute Gasteiger partial charge is 0.504 e. The Hall–Kier alpha value is -2.99. The number of hydrogen-bond acceptors (Lipinski definition) is 5. The number of amides is 1. The number of nitrogens with one attached hydrogen (secondary N) is 1. The molecule has 1 aliphatic rings. The lowest BCUT2D eigenvalue weighted by Gasteiger charge is -2.11. The van der Waals surface area contributed by atoms with Gasteiger partial charge in [0.15, 0.2) is 16.7 Å². The van der Waals surface area contributed by atoms with Crippen LogP contribution in [0.5, 0.6) is 11.5 Å². The number of aliphatic imine (C=N–C) groups is 1. The minimum Gasteiger partial charge on any atom is -0.504 e. The number of phenols is 1. The van der Waals surface area contributed by atoms with Crippen molar-refractivity contribution in [3.05, 3.63) is 70.1 Å². The zero-order valence-corrected chi connectivity index (χ0v) is 17.6. The van der Waals surface area contributed by atoms with Gasteiger partial charge < -0.3 is 15.2 Å². The Bertz CT molecular complexity index is 1000. The molecule has 6 heteroatoms.